The van der Waals surface area contributed by atoms with E-state index in [9.17, 15) is 35.3 Å². The summed E-state index contributed by atoms with van der Waals surface area (Å²) in [6.45, 7) is 3.99. The molecule has 54 heavy (non-hydrogen) atoms. The third kappa shape index (κ3) is 10.5. The minimum absolute atomic E-state index is 0.0333. The minimum atomic E-state index is -1.63. The van der Waals surface area contributed by atoms with E-state index in [0.29, 0.717) is 47.9 Å². The highest BCUT2D eigenvalue weighted by Crippen LogP contribution is 2.35. The number of aliphatic hydroxyl groups is 2. The number of carbonyl (C=O) groups is 2. The summed E-state index contributed by atoms with van der Waals surface area (Å²) in [6.07, 6.45) is 4.21. The summed E-state index contributed by atoms with van der Waals surface area (Å²) in [6, 6.07) is 19.6. The molecule has 14 heteroatoms. The molecule has 0 unspecified atom stereocenters. The Morgan fingerprint density at radius 2 is 1.76 bits per heavy atom. The zero-order valence-corrected chi connectivity index (χ0v) is 30.6. The number of ether oxygens (including phenoxy) is 3. The van der Waals surface area contributed by atoms with E-state index in [0.717, 1.165) is 41.0 Å². The number of aliphatic hydroxyl groups excluding tert-OH is 1. The third-order valence-electron chi connectivity index (χ3n) is 9.40. The van der Waals surface area contributed by atoms with Gasteiger partial charge in [-0.3, -0.25) is 15.1 Å². The predicted octanol–water partition coefficient (Wildman–Crippen LogP) is 4.96. The largest absolute Gasteiger partial charge is 0.494 e. The molecule has 1 saturated heterocycles. The lowest BCUT2D eigenvalue weighted by Gasteiger charge is -2.35. The molecule has 0 spiro atoms. The van der Waals surface area contributed by atoms with E-state index in [-0.39, 0.29) is 37.6 Å². The number of hydrogen-bond donors (Lipinski definition) is 5. The Kier molecular flexibility index (Phi) is 13.8. The van der Waals surface area contributed by atoms with Crippen LogP contribution < -0.4 is 19.5 Å². The highest BCUT2D eigenvalue weighted by Gasteiger charge is 2.39. The average Bonchev–Trinajstić information content (AvgIpc) is 3.17. The Labute approximate surface area is 318 Å². The van der Waals surface area contributed by atoms with Crippen LogP contribution >= 0.6 is 11.6 Å². The van der Waals surface area contributed by atoms with E-state index in [1.807, 2.05) is 49.4 Å². The van der Waals surface area contributed by atoms with E-state index in [2.05, 4.69) is 21.3 Å². The molecule has 0 amide bonds. The summed E-state index contributed by atoms with van der Waals surface area (Å²) in [7, 11) is 0. The summed E-state index contributed by atoms with van der Waals surface area (Å²) in [5.41, 5.74) is 3.84. The molecule has 0 aliphatic carbocycles. The van der Waals surface area contributed by atoms with Crippen molar-refractivity contribution in [3.8, 4) is 34.4 Å². The highest BCUT2D eigenvalue weighted by atomic mass is 35.5. The van der Waals surface area contributed by atoms with Crippen LogP contribution in [-0.2, 0) is 29.3 Å². The van der Waals surface area contributed by atoms with Gasteiger partial charge in [-0.25, -0.2) is 4.79 Å². The van der Waals surface area contributed by atoms with E-state index < -0.39 is 30.2 Å². The van der Waals surface area contributed by atoms with Crippen LogP contribution in [0.5, 0.6) is 17.2 Å². The van der Waals surface area contributed by atoms with Crippen molar-refractivity contribution in [2.24, 2.45) is 0 Å². The summed E-state index contributed by atoms with van der Waals surface area (Å²) in [5.74, 6) is -0.918. The molecular weight excluding hydrogens is 716 g/mol. The van der Waals surface area contributed by atoms with Crippen LogP contribution in [0.15, 0.2) is 73.1 Å². The van der Waals surface area contributed by atoms with Crippen LogP contribution in [-0.4, -0.2) is 86.7 Å². The molecular formula is C40H43ClN4O9. The Morgan fingerprint density at radius 3 is 2.48 bits per heavy atom. The number of carboxylic acid groups (broad SMARTS) is 2. The van der Waals surface area contributed by atoms with E-state index >= 15 is 0 Å². The number of piperidine rings is 1. The number of carboxylic acids is 2. The van der Waals surface area contributed by atoms with Crippen molar-refractivity contribution in [2.45, 2.75) is 57.6 Å². The Bertz CT molecular complexity index is 1980. The second-order valence-electron chi connectivity index (χ2n) is 13.1. The SMILES string of the molecule is Cc1c(COc2cc(OCc3cncc(C#N)c3)c(CN[C@H](CO)C(=O)O)cc2Cl)cccc1-c1cccc(OCCCN2CCC(O)(C(=O)O)CC2)c1. The maximum atomic E-state index is 11.5. The molecule has 284 valence electrons. The number of hydrogen-bond acceptors (Lipinski definition) is 11. The van der Waals surface area contributed by atoms with Gasteiger partial charge in [0.05, 0.1) is 23.8 Å². The van der Waals surface area contributed by atoms with Gasteiger partial charge in [0.1, 0.15) is 42.6 Å². The molecule has 1 aliphatic rings. The molecule has 0 bridgehead atoms. The van der Waals surface area contributed by atoms with Gasteiger partial charge >= 0.3 is 11.9 Å². The fourth-order valence-corrected chi connectivity index (χ4v) is 6.35. The molecule has 5 N–H and O–H groups in total. The van der Waals surface area contributed by atoms with Gasteiger partial charge in [-0.2, -0.15) is 5.26 Å². The molecule has 3 aromatic carbocycles. The van der Waals surface area contributed by atoms with Crippen molar-refractivity contribution in [2.75, 3.05) is 32.8 Å². The van der Waals surface area contributed by atoms with Gasteiger partial charge in [0.2, 0.25) is 0 Å². The quantitative estimate of drug-likeness (QED) is 0.0856. The monoisotopic (exact) mass is 758 g/mol. The Morgan fingerprint density at radius 1 is 1.00 bits per heavy atom. The first-order valence-corrected chi connectivity index (χ1v) is 17.9. The van der Waals surface area contributed by atoms with Gasteiger partial charge in [-0.1, -0.05) is 41.9 Å². The van der Waals surface area contributed by atoms with Crippen LogP contribution in [0.1, 0.15) is 47.1 Å². The molecule has 4 aromatic rings. The topological polar surface area (TPSA) is 195 Å². The minimum Gasteiger partial charge on any atom is -0.494 e. The predicted molar refractivity (Wildman–Crippen MR) is 199 cm³/mol. The molecule has 0 radical (unpaired) electrons. The second kappa shape index (κ2) is 18.7. The molecule has 1 atom stereocenters. The van der Waals surface area contributed by atoms with Gasteiger partial charge in [0, 0.05) is 55.8 Å². The number of pyridine rings is 1. The number of halogens is 1. The lowest BCUT2D eigenvalue weighted by molar-refractivity contribution is -0.163. The first kappa shape index (κ1) is 40.0. The van der Waals surface area contributed by atoms with Gasteiger partial charge in [0.25, 0.3) is 0 Å². The van der Waals surface area contributed by atoms with Crippen molar-refractivity contribution >= 4 is 23.5 Å². The van der Waals surface area contributed by atoms with E-state index in [1.54, 1.807) is 24.4 Å². The van der Waals surface area contributed by atoms with Crippen molar-refractivity contribution < 1.29 is 44.2 Å². The van der Waals surface area contributed by atoms with Crippen molar-refractivity contribution in [1.82, 2.24) is 15.2 Å². The smallest absolute Gasteiger partial charge is 0.335 e. The maximum Gasteiger partial charge on any atom is 0.335 e. The molecule has 0 saturated carbocycles. The molecule has 1 aliphatic heterocycles. The molecule has 5 rings (SSSR count). The van der Waals surface area contributed by atoms with Gasteiger partial charge in [0.15, 0.2) is 5.60 Å². The zero-order valence-electron chi connectivity index (χ0n) is 29.8. The first-order valence-electron chi connectivity index (χ1n) is 17.5. The Balaban J connectivity index is 1.24. The maximum absolute atomic E-state index is 11.5. The average molecular weight is 759 g/mol. The molecule has 2 heterocycles. The number of rotatable bonds is 18. The lowest BCUT2D eigenvalue weighted by Crippen LogP contribution is -2.49. The number of aromatic nitrogens is 1. The standard InChI is InChI=1S/C40H43ClN4O9/c1-26-30(6-3-8-33(26)29-5-2-7-32(16-29)52-14-4-11-45-12-9-40(51,10-13-45)39(49)50)25-54-37-18-36(53-24-28-15-27(19-42)20-43-21-28)31(17-34(37)41)22-44-35(23-46)38(47)48/h2-3,5-8,15-18,20-21,35,44,46,51H,4,9-14,22-25H2,1H3,(H,47,48)(H,49,50)/t35-/m1/s1. The summed E-state index contributed by atoms with van der Waals surface area (Å²) < 4.78 is 18.4. The number of aliphatic carboxylic acids is 2. The fourth-order valence-electron chi connectivity index (χ4n) is 6.11. The van der Waals surface area contributed by atoms with Crippen molar-refractivity contribution in [1.29, 1.82) is 5.26 Å². The number of nitrogens with one attached hydrogen (secondary N) is 1. The van der Waals surface area contributed by atoms with E-state index in [4.69, 9.17) is 25.8 Å². The number of benzene rings is 3. The fraction of sp³-hybridized carbons (Fsp3) is 0.350. The summed E-state index contributed by atoms with van der Waals surface area (Å²) >= 11 is 6.67. The van der Waals surface area contributed by atoms with Crippen molar-refractivity contribution in [3.63, 3.8) is 0 Å². The number of likely N-dealkylation sites (tertiary alicyclic amines) is 1. The van der Waals surface area contributed by atoms with Gasteiger partial charge in [-0.15, -0.1) is 0 Å². The summed E-state index contributed by atoms with van der Waals surface area (Å²) in [5, 5.41) is 50.6. The normalized spacial score (nSPS) is 14.5. The van der Waals surface area contributed by atoms with Crippen LogP contribution in [0, 0.1) is 18.3 Å². The lowest BCUT2D eigenvalue weighted by atomic mass is 9.91. The second-order valence-corrected chi connectivity index (χ2v) is 13.5. The summed E-state index contributed by atoms with van der Waals surface area (Å²) in [4.78, 5) is 29.0. The van der Waals surface area contributed by atoms with Crippen LogP contribution in [0.4, 0.5) is 0 Å². The molecule has 1 fully saturated rings. The molecule has 13 nitrogen and oxygen atoms in total. The Hall–Kier alpha value is -5.23. The molecule has 1 aromatic heterocycles. The number of nitrogens with zero attached hydrogens (tertiary/aromatic N) is 3. The number of nitriles is 1. The van der Waals surface area contributed by atoms with Crippen LogP contribution in [0.3, 0.4) is 0 Å². The van der Waals surface area contributed by atoms with Crippen LogP contribution in [0.2, 0.25) is 5.02 Å². The van der Waals surface area contributed by atoms with Crippen molar-refractivity contribution in [3.05, 3.63) is 106 Å². The first-order chi connectivity index (χ1) is 26.0. The van der Waals surface area contributed by atoms with Gasteiger partial charge < -0.3 is 39.5 Å². The third-order valence-corrected chi connectivity index (χ3v) is 9.69. The zero-order chi connectivity index (χ0) is 38.7. The highest BCUT2D eigenvalue weighted by molar-refractivity contribution is 6.32. The van der Waals surface area contributed by atoms with Gasteiger partial charge in [-0.05, 0) is 72.7 Å². The van der Waals surface area contributed by atoms with Crippen LogP contribution in [0.25, 0.3) is 11.1 Å². The van der Waals surface area contributed by atoms with E-state index in [1.165, 1.54) is 6.20 Å².